The molecule has 1 N–H and O–H groups in total. The van der Waals surface area contributed by atoms with Gasteiger partial charge in [0, 0.05) is 24.5 Å². The largest absolute Gasteiger partial charge is 0.372 e. The molecule has 1 amide bonds. The Labute approximate surface area is 160 Å². The second kappa shape index (κ2) is 8.00. The molecule has 0 atom stereocenters. The summed E-state index contributed by atoms with van der Waals surface area (Å²) >= 11 is 0. The van der Waals surface area contributed by atoms with Crippen LogP contribution in [0, 0.1) is 6.92 Å². The third kappa shape index (κ3) is 4.80. The fraction of sp³-hybridized carbons (Fsp3) is 0.350. The van der Waals surface area contributed by atoms with E-state index in [1.807, 2.05) is 37.3 Å². The molecule has 0 radical (unpaired) electrons. The molecule has 0 saturated carbocycles. The van der Waals surface area contributed by atoms with Crippen molar-refractivity contribution >= 4 is 33.0 Å². The monoisotopic (exact) mass is 387 g/mol. The van der Waals surface area contributed by atoms with Gasteiger partial charge in [-0.3, -0.25) is 9.10 Å². The van der Waals surface area contributed by atoms with Crippen LogP contribution in [0.15, 0.2) is 48.5 Å². The Hall–Kier alpha value is -2.54. The molecule has 0 bridgehead atoms. The van der Waals surface area contributed by atoms with Crippen molar-refractivity contribution < 1.29 is 13.2 Å². The second-order valence-corrected chi connectivity index (χ2v) is 8.75. The summed E-state index contributed by atoms with van der Waals surface area (Å²) < 4.78 is 25.7. The lowest BCUT2D eigenvalue weighted by Crippen LogP contribution is -2.37. The Morgan fingerprint density at radius 2 is 1.70 bits per heavy atom. The topological polar surface area (TPSA) is 69.7 Å². The van der Waals surface area contributed by atoms with Crippen LogP contribution in [0.2, 0.25) is 0 Å². The van der Waals surface area contributed by atoms with E-state index in [9.17, 15) is 13.2 Å². The van der Waals surface area contributed by atoms with E-state index in [-0.39, 0.29) is 12.5 Å². The minimum absolute atomic E-state index is 0.268. The summed E-state index contributed by atoms with van der Waals surface area (Å²) in [4.78, 5) is 14.7. The van der Waals surface area contributed by atoms with Crippen molar-refractivity contribution in [3.05, 3.63) is 54.1 Å². The van der Waals surface area contributed by atoms with E-state index in [1.165, 1.54) is 12.8 Å². The summed E-state index contributed by atoms with van der Waals surface area (Å²) in [5, 5.41) is 2.79. The molecule has 3 rings (SSSR count). The first-order chi connectivity index (χ1) is 12.8. The molecule has 0 unspecified atom stereocenters. The van der Waals surface area contributed by atoms with E-state index >= 15 is 0 Å². The highest BCUT2D eigenvalue weighted by atomic mass is 32.2. The number of benzene rings is 2. The second-order valence-electron chi connectivity index (χ2n) is 6.84. The van der Waals surface area contributed by atoms with Crippen molar-refractivity contribution in [2.45, 2.75) is 19.8 Å². The standard InChI is InChI=1S/C20H25N3O3S/c1-16-7-3-4-8-19(16)21-20(24)15-23(27(2,25)26)18-11-9-17(10-12-18)22-13-5-6-14-22/h3-4,7-12H,5-6,13-15H2,1-2H3,(H,21,24). The lowest BCUT2D eigenvalue weighted by Gasteiger charge is -2.23. The van der Waals surface area contributed by atoms with Gasteiger partial charge in [-0.2, -0.15) is 0 Å². The van der Waals surface area contributed by atoms with Crippen LogP contribution in [0.4, 0.5) is 17.1 Å². The summed E-state index contributed by atoms with van der Waals surface area (Å²) in [6, 6.07) is 14.7. The number of nitrogens with zero attached hydrogens (tertiary/aromatic N) is 2. The van der Waals surface area contributed by atoms with Crippen LogP contribution < -0.4 is 14.5 Å². The van der Waals surface area contributed by atoms with Gasteiger partial charge in [0.05, 0.1) is 11.9 Å². The number of amides is 1. The Balaban J connectivity index is 1.76. The molecule has 6 nitrogen and oxygen atoms in total. The van der Waals surface area contributed by atoms with Gasteiger partial charge in [0.2, 0.25) is 15.9 Å². The van der Waals surface area contributed by atoms with Crippen LogP contribution in [0.25, 0.3) is 0 Å². The Morgan fingerprint density at radius 1 is 1.07 bits per heavy atom. The van der Waals surface area contributed by atoms with Gasteiger partial charge < -0.3 is 10.2 Å². The van der Waals surface area contributed by atoms with Crippen LogP contribution in [-0.2, 0) is 14.8 Å². The fourth-order valence-electron chi connectivity index (χ4n) is 3.24. The molecule has 7 heteroatoms. The molecule has 0 spiro atoms. The van der Waals surface area contributed by atoms with Gasteiger partial charge in [-0.25, -0.2) is 8.42 Å². The van der Waals surface area contributed by atoms with E-state index in [0.717, 1.165) is 34.9 Å². The van der Waals surface area contributed by atoms with Crippen molar-refractivity contribution in [1.29, 1.82) is 0 Å². The summed E-state index contributed by atoms with van der Waals surface area (Å²) in [5.74, 6) is -0.377. The lowest BCUT2D eigenvalue weighted by molar-refractivity contribution is -0.114. The highest BCUT2D eigenvalue weighted by Crippen LogP contribution is 2.25. The van der Waals surface area contributed by atoms with Gasteiger partial charge >= 0.3 is 0 Å². The van der Waals surface area contributed by atoms with Gasteiger partial charge in [-0.1, -0.05) is 18.2 Å². The SMILES string of the molecule is Cc1ccccc1NC(=O)CN(c1ccc(N2CCCC2)cc1)S(C)(=O)=O. The van der Waals surface area contributed by atoms with Gasteiger partial charge in [-0.15, -0.1) is 0 Å². The molecule has 2 aromatic carbocycles. The number of anilines is 3. The Morgan fingerprint density at radius 3 is 2.30 bits per heavy atom. The zero-order valence-corrected chi connectivity index (χ0v) is 16.5. The van der Waals surface area contributed by atoms with E-state index in [2.05, 4.69) is 10.2 Å². The maximum atomic E-state index is 12.4. The highest BCUT2D eigenvalue weighted by molar-refractivity contribution is 7.92. The summed E-state index contributed by atoms with van der Waals surface area (Å²) in [6.07, 6.45) is 3.47. The third-order valence-electron chi connectivity index (χ3n) is 4.72. The number of aryl methyl sites for hydroxylation is 1. The van der Waals surface area contributed by atoms with Crippen molar-refractivity contribution in [2.24, 2.45) is 0 Å². The molecule has 1 saturated heterocycles. The predicted octanol–water partition coefficient (Wildman–Crippen LogP) is 3.00. The maximum absolute atomic E-state index is 12.4. The van der Waals surface area contributed by atoms with Gasteiger partial charge in [0.25, 0.3) is 0 Å². The molecule has 0 aliphatic carbocycles. The Bertz CT molecular complexity index is 904. The molecule has 1 aliphatic heterocycles. The van der Waals surface area contributed by atoms with Gasteiger partial charge in [0.15, 0.2) is 0 Å². The van der Waals surface area contributed by atoms with Crippen molar-refractivity contribution in [3.63, 3.8) is 0 Å². The molecule has 27 heavy (non-hydrogen) atoms. The number of carbonyl (C=O) groups is 1. The van der Waals surface area contributed by atoms with Crippen LogP contribution in [0.3, 0.4) is 0 Å². The zero-order valence-electron chi connectivity index (χ0n) is 15.7. The third-order valence-corrected chi connectivity index (χ3v) is 5.86. The lowest BCUT2D eigenvalue weighted by atomic mass is 10.2. The van der Waals surface area contributed by atoms with Crippen LogP contribution in [0.1, 0.15) is 18.4 Å². The predicted molar refractivity (Wildman–Crippen MR) is 110 cm³/mol. The number of para-hydroxylation sites is 1. The zero-order chi connectivity index (χ0) is 19.4. The Kier molecular flexibility index (Phi) is 5.70. The van der Waals surface area contributed by atoms with E-state index in [4.69, 9.17) is 0 Å². The number of nitrogens with one attached hydrogen (secondary N) is 1. The van der Waals surface area contributed by atoms with E-state index < -0.39 is 10.0 Å². The van der Waals surface area contributed by atoms with Gasteiger partial charge in [0.1, 0.15) is 6.54 Å². The minimum Gasteiger partial charge on any atom is -0.372 e. The van der Waals surface area contributed by atoms with Gasteiger partial charge in [-0.05, 0) is 55.7 Å². The molecule has 1 aliphatic rings. The maximum Gasteiger partial charge on any atom is 0.245 e. The van der Waals surface area contributed by atoms with E-state index in [0.29, 0.717) is 11.4 Å². The number of sulfonamides is 1. The smallest absolute Gasteiger partial charge is 0.245 e. The molecular weight excluding hydrogens is 362 g/mol. The number of carbonyl (C=O) groups excluding carboxylic acids is 1. The molecule has 144 valence electrons. The summed E-state index contributed by atoms with van der Waals surface area (Å²) in [7, 11) is -3.59. The first kappa shape index (κ1) is 19.2. The number of hydrogen-bond donors (Lipinski definition) is 1. The minimum atomic E-state index is -3.59. The van der Waals surface area contributed by atoms with Crippen molar-refractivity contribution in [3.8, 4) is 0 Å². The van der Waals surface area contributed by atoms with Crippen LogP contribution >= 0.6 is 0 Å². The van der Waals surface area contributed by atoms with Crippen LogP contribution in [-0.4, -0.2) is 40.2 Å². The molecule has 0 aromatic heterocycles. The van der Waals surface area contributed by atoms with Crippen molar-refractivity contribution in [2.75, 3.05) is 40.4 Å². The van der Waals surface area contributed by atoms with Crippen LogP contribution in [0.5, 0.6) is 0 Å². The number of hydrogen-bond acceptors (Lipinski definition) is 4. The summed E-state index contributed by atoms with van der Waals surface area (Å²) in [5.41, 5.74) is 3.17. The van der Waals surface area contributed by atoms with E-state index in [1.54, 1.807) is 18.2 Å². The molecule has 1 fully saturated rings. The first-order valence-electron chi connectivity index (χ1n) is 9.03. The quantitative estimate of drug-likeness (QED) is 0.827. The average Bonchev–Trinajstić information content (AvgIpc) is 3.16. The normalized spacial score (nSPS) is 14.2. The fourth-order valence-corrected chi connectivity index (χ4v) is 4.09. The number of rotatable bonds is 6. The molecule has 1 heterocycles. The highest BCUT2D eigenvalue weighted by Gasteiger charge is 2.22. The summed E-state index contributed by atoms with van der Waals surface area (Å²) in [6.45, 7) is 3.67. The van der Waals surface area contributed by atoms with Crippen molar-refractivity contribution in [1.82, 2.24) is 0 Å². The molecule has 2 aromatic rings. The first-order valence-corrected chi connectivity index (χ1v) is 10.9. The average molecular weight is 388 g/mol. The molecular formula is C20H25N3O3S.